The quantitative estimate of drug-likeness (QED) is 0.779. The van der Waals surface area contributed by atoms with E-state index in [1.165, 1.54) is 32.1 Å². The fourth-order valence-corrected chi connectivity index (χ4v) is 2.21. The van der Waals surface area contributed by atoms with Gasteiger partial charge in [-0.3, -0.25) is 4.68 Å². The van der Waals surface area contributed by atoms with Crippen LogP contribution in [0.2, 0.25) is 0 Å². The van der Waals surface area contributed by atoms with Gasteiger partial charge in [0.05, 0.1) is 6.10 Å². The molecule has 1 aromatic rings. The van der Waals surface area contributed by atoms with Crippen LogP contribution in [-0.4, -0.2) is 22.5 Å². The number of hydrogen-bond donors (Lipinski definition) is 1. The maximum absolute atomic E-state index is 5.84. The number of anilines is 1. The number of rotatable bonds is 5. The second-order valence-corrected chi connectivity index (χ2v) is 4.49. The molecular weight excluding hydrogens is 202 g/mol. The van der Waals surface area contributed by atoms with Crippen LogP contribution in [0.4, 0.5) is 5.82 Å². The molecule has 2 N–H and O–H groups in total. The normalized spacial score (nSPS) is 17.8. The van der Waals surface area contributed by atoms with Crippen molar-refractivity contribution in [2.45, 2.75) is 51.2 Å². The molecule has 0 amide bonds. The zero-order valence-electron chi connectivity index (χ0n) is 9.77. The summed E-state index contributed by atoms with van der Waals surface area (Å²) >= 11 is 0. The number of nitrogens with zero attached hydrogens (tertiary/aromatic N) is 2. The highest BCUT2D eigenvalue weighted by atomic mass is 16.5. The van der Waals surface area contributed by atoms with Crippen molar-refractivity contribution in [3.8, 4) is 0 Å². The lowest BCUT2D eigenvalue weighted by Crippen LogP contribution is -2.17. The van der Waals surface area contributed by atoms with Crippen LogP contribution in [0.5, 0.6) is 0 Å². The lowest BCUT2D eigenvalue weighted by Gasteiger charge is -2.21. The number of aryl methyl sites for hydroxylation is 1. The first-order chi connectivity index (χ1) is 7.84. The highest BCUT2D eigenvalue weighted by Gasteiger charge is 2.12. The van der Waals surface area contributed by atoms with Crippen molar-refractivity contribution in [1.29, 1.82) is 0 Å². The Morgan fingerprint density at radius 2 is 2.19 bits per heavy atom. The molecule has 1 aliphatic carbocycles. The van der Waals surface area contributed by atoms with Crippen LogP contribution in [0, 0.1) is 0 Å². The fraction of sp³-hybridized carbons (Fsp3) is 0.750. The zero-order chi connectivity index (χ0) is 11.2. The van der Waals surface area contributed by atoms with Crippen molar-refractivity contribution in [1.82, 2.24) is 9.78 Å². The van der Waals surface area contributed by atoms with Crippen LogP contribution in [0.3, 0.4) is 0 Å². The minimum absolute atomic E-state index is 0.511. The second-order valence-electron chi connectivity index (χ2n) is 4.49. The first-order valence-corrected chi connectivity index (χ1v) is 6.25. The molecule has 0 bridgehead atoms. The third kappa shape index (κ3) is 3.52. The molecular formula is C12H21N3O. The Morgan fingerprint density at radius 3 is 2.88 bits per heavy atom. The Kier molecular flexibility index (Phi) is 4.22. The molecule has 90 valence electrons. The molecule has 0 radical (unpaired) electrons. The summed E-state index contributed by atoms with van der Waals surface area (Å²) in [5.41, 5.74) is 5.54. The van der Waals surface area contributed by atoms with Gasteiger partial charge in [0.25, 0.3) is 0 Å². The fourth-order valence-electron chi connectivity index (χ4n) is 2.21. The molecule has 4 nitrogen and oxygen atoms in total. The maximum Gasteiger partial charge on any atom is 0.145 e. The van der Waals surface area contributed by atoms with Crippen molar-refractivity contribution in [2.75, 3.05) is 12.3 Å². The molecule has 0 atom stereocenters. The minimum atomic E-state index is 0.511. The smallest absolute Gasteiger partial charge is 0.145 e. The second kappa shape index (κ2) is 5.89. The van der Waals surface area contributed by atoms with Crippen LogP contribution < -0.4 is 5.73 Å². The molecule has 1 heterocycles. The van der Waals surface area contributed by atoms with Gasteiger partial charge >= 0.3 is 0 Å². The summed E-state index contributed by atoms with van der Waals surface area (Å²) in [4.78, 5) is 0. The van der Waals surface area contributed by atoms with Crippen LogP contribution in [0.1, 0.15) is 38.5 Å². The molecule has 0 aromatic carbocycles. The van der Waals surface area contributed by atoms with Crippen LogP contribution in [0.15, 0.2) is 12.3 Å². The lowest BCUT2D eigenvalue weighted by atomic mass is 9.98. The summed E-state index contributed by atoms with van der Waals surface area (Å²) in [7, 11) is 0. The monoisotopic (exact) mass is 223 g/mol. The highest BCUT2D eigenvalue weighted by molar-refractivity contribution is 5.23. The first-order valence-electron chi connectivity index (χ1n) is 6.25. The number of ether oxygens (including phenoxy) is 1. The van der Waals surface area contributed by atoms with Gasteiger partial charge in [0.2, 0.25) is 0 Å². The Labute approximate surface area is 96.8 Å². The predicted octanol–water partition coefficient (Wildman–Crippen LogP) is 2.20. The van der Waals surface area contributed by atoms with Gasteiger partial charge in [-0.05, 0) is 25.3 Å². The van der Waals surface area contributed by atoms with Gasteiger partial charge in [0.1, 0.15) is 5.82 Å². The molecule has 1 aromatic heterocycles. The van der Waals surface area contributed by atoms with E-state index >= 15 is 0 Å². The third-order valence-electron chi connectivity index (χ3n) is 3.10. The van der Waals surface area contributed by atoms with Gasteiger partial charge in [-0.1, -0.05) is 19.3 Å². The van der Waals surface area contributed by atoms with E-state index in [-0.39, 0.29) is 0 Å². The SMILES string of the molecule is Nc1ccn(CCCOC2CCCCC2)n1. The van der Waals surface area contributed by atoms with E-state index < -0.39 is 0 Å². The Morgan fingerprint density at radius 1 is 1.38 bits per heavy atom. The Bertz CT molecular complexity index is 305. The summed E-state index contributed by atoms with van der Waals surface area (Å²) < 4.78 is 7.71. The molecule has 2 rings (SSSR count). The number of nitrogen functional groups attached to an aromatic ring is 1. The van der Waals surface area contributed by atoms with Crippen molar-refractivity contribution in [3.05, 3.63) is 12.3 Å². The standard InChI is InChI=1S/C12H21N3O/c13-12-7-9-15(14-12)8-4-10-16-11-5-2-1-3-6-11/h7,9,11H,1-6,8,10H2,(H2,13,14). The summed E-state index contributed by atoms with van der Waals surface area (Å²) in [6.07, 6.45) is 9.97. The molecule has 1 fully saturated rings. The van der Waals surface area contributed by atoms with Gasteiger partial charge < -0.3 is 10.5 Å². The lowest BCUT2D eigenvalue weighted by molar-refractivity contribution is 0.0254. The van der Waals surface area contributed by atoms with Gasteiger partial charge in [-0.15, -0.1) is 0 Å². The van der Waals surface area contributed by atoms with Gasteiger partial charge in [0, 0.05) is 19.3 Å². The largest absolute Gasteiger partial charge is 0.382 e. The average Bonchev–Trinajstić information content (AvgIpc) is 2.72. The van der Waals surface area contributed by atoms with E-state index in [2.05, 4.69) is 5.10 Å². The summed E-state index contributed by atoms with van der Waals surface area (Å²) in [5, 5.41) is 4.13. The molecule has 16 heavy (non-hydrogen) atoms. The van der Waals surface area contributed by atoms with E-state index in [1.807, 2.05) is 16.9 Å². The van der Waals surface area contributed by atoms with Crippen molar-refractivity contribution < 1.29 is 4.74 Å². The number of nitrogens with two attached hydrogens (primary N) is 1. The van der Waals surface area contributed by atoms with E-state index in [1.54, 1.807) is 0 Å². The molecule has 4 heteroatoms. The van der Waals surface area contributed by atoms with Gasteiger partial charge in [0.15, 0.2) is 0 Å². The highest BCUT2D eigenvalue weighted by Crippen LogP contribution is 2.20. The molecule has 0 saturated heterocycles. The minimum Gasteiger partial charge on any atom is -0.382 e. The van der Waals surface area contributed by atoms with Gasteiger partial charge in [-0.25, -0.2) is 0 Å². The van der Waals surface area contributed by atoms with E-state index in [9.17, 15) is 0 Å². The predicted molar refractivity (Wildman–Crippen MR) is 64.1 cm³/mol. The molecule has 1 saturated carbocycles. The third-order valence-corrected chi connectivity index (χ3v) is 3.10. The molecule has 0 spiro atoms. The maximum atomic E-state index is 5.84. The van der Waals surface area contributed by atoms with Crippen LogP contribution in [-0.2, 0) is 11.3 Å². The molecule has 0 unspecified atom stereocenters. The van der Waals surface area contributed by atoms with Crippen molar-refractivity contribution in [3.63, 3.8) is 0 Å². The summed E-state index contributed by atoms with van der Waals surface area (Å²) in [6, 6.07) is 1.82. The van der Waals surface area contributed by atoms with Crippen molar-refractivity contribution >= 4 is 5.82 Å². The van der Waals surface area contributed by atoms with Crippen molar-refractivity contribution in [2.24, 2.45) is 0 Å². The molecule has 1 aliphatic rings. The van der Waals surface area contributed by atoms with Gasteiger partial charge in [-0.2, -0.15) is 5.10 Å². The Balaban J connectivity index is 1.57. The zero-order valence-corrected chi connectivity index (χ0v) is 9.77. The van der Waals surface area contributed by atoms with E-state index in [4.69, 9.17) is 10.5 Å². The first kappa shape index (κ1) is 11.5. The average molecular weight is 223 g/mol. The molecule has 0 aliphatic heterocycles. The Hall–Kier alpha value is -1.03. The summed E-state index contributed by atoms with van der Waals surface area (Å²) in [6.45, 7) is 1.73. The van der Waals surface area contributed by atoms with Crippen LogP contribution in [0.25, 0.3) is 0 Å². The van der Waals surface area contributed by atoms with E-state index in [0.29, 0.717) is 11.9 Å². The number of aromatic nitrogens is 2. The van der Waals surface area contributed by atoms with E-state index in [0.717, 1.165) is 19.6 Å². The van der Waals surface area contributed by atoms with Crippen LogP contribution >= 0.6 is 0 Å². The summed E-state index contributed by atoms with van der Waals surface area (Å²) in [5.74, 6) is 0.591. The number of hydrogen-bond acceptors (Lipinski definition) is 3. The topological polar surface area (TPSA) is 53.1 Å².